The highest BCUT2D eigenvalue weighted by atomic mass is 35.5. The van der Waals surface area contributed by atoms with Gasteiger partial charge in [-0.15, -0.1) is 0 Å². The molecule has 0 saturated carbocycles. The smallest absolute Gasteiger partial charge is 0.142 e. The molecule has 0 aromatic heterocycles. The van der Waals surface area contributed by atoms with E-state index in [9.17, 15) is 4.39 Å². The Balaban J connectivity index is 2.63. The lowest BCUT2D eigenvalue weighted by Crippen LogP contribution is -1.86. The quantitative estimate of drug-likeness (QED) is 0.664. The summed E-state index contributed by atoms with van der Waals surface area (Å²) in [6, 6.07) is 10.3. The molecule has 0 unspecified atom stereocenters. The Morgan fingerprint density at radius 3 is 2.38 bits per heavy atom. The lowest BCUT2D eigenvalue weighted by molar-refractivity contribution is 0.629. The SMILES string of the molecule is Cc1cccc(Cl)c1-c1ccc(Cl)c(F)c1. The molecule has 0 saturated heterocycles. The molecule has 82 valence electrons. The monoisotopic (exact) mass is 254 g/mol. The van der Waals surface area contributed by atoms with Crippen LogP contribution in [0.5, 0.6) is 0 Å². The van der Waals surface area contributed by atoms with Crippen LogP contribution in [0.2, 0.25) is 10.0 Å². The van der Waals surface area contributed by atoms with Gasteiger partial charge in [-0.1, -0.05) is 41.4 Å². The molecule has 0 fully saturated rings. The van der Waals surface area contributed by atoms with Gasteiger partial charge in [0.15, 0.2) is 0 Å². The van der Waals surface area contributed by atoms with E-state index >= 15 is 0 Å². The van der Waals surface area contributed by atoms with Gasteiger partial charge in [0.25, 0.3) is 0 Å². The van der Waals surface area contributed by atoms with Crippen LogP contribution in [-0.2, 0) is 0 Å². The van der Waals surface area contributed by atoms with Gasteiger partial charge in [0.2, 0.25) is 0 Å². The van der Waals surface area contributed by atoms with Crippen LogP contribution in [0.1, 0.15) is 5.56 Å². The molecule has 2 aromatic rings. The third-order valence-electron chi connectivity index (χ3n) is 2.43. The van der Waals surface area contributed by atoms with Crippen molar-refractivity contribution in [3.8, 4) is 11.1 Å². The molecule has 2 aromatic carbocycles. The van der Waals surface area contributed by atoms with Gasteiger partial charge in [0.05, 0.1) is 5.02 Å². The third kappa shape index (κ3) is 2.06. The number of halogens is 3. The number of rotatable bonds is 1. The van der Waals surface area contributed by atoms with Crippen molar-refractivity contribution in [2.45, 2.75) is 6.92 Å². The third-order valence-corrected chi connectivity index (χ3v) is 3.05. The Morgan fingerprint density at radius 1 is 1.00 bits per heavy atom. The average molecular weight is 255 g/mol. The predicted octanol–water partition coefficient (Wildman–Crippen LogP) is 5.11. The zero-order valence-corrected chi connectivity index (χ0v) is 10.1. The second kappa shape index (κ2) is 4.44. The fourth-order valence-electron chi connectivity index (χ4n) is 1.65. The van der Waals surface area contributed by atoms with E-state index in [2.05, 4.69) is 0 Å². The van der Waals surface area contributed by atoms with Crippen molar-refractivity contribution >= 4 is 23.2 Å². The second-order valence-electron chi connectivity index (χ2n) is 3.56. The molecule has 0 aliphatic carbocycles. The van der Waals surface area contributed by atoms with Crippen LogP contribution < -0.4 is 0 Å². The Morgan fingerprint density at radius 2 is 1.75 bits per heavy atom. The first-order valence-corrected chi connectivity index (χ1v) is 5.55. The van der Waals surface area contributed by atoms with E-state index < -0.39 is 5.82 Å². The lowest BCUT2D eigenvalue weighted by Gasteiger charge is -2.08. The summed E-state index contributed by atoms with van der Waals surface area (Å²) in [6.07, 6.45) is 0. The van der Waals surface area contributed by atoms with Gasteiger partial charge in [-0.3, -0.25) is 0 Å². The van der Waals surface area contributed by atoms with Crippen LogP contribution in [0.25, 0.3) is 11.1 Å². The van der Waals surface area contributed by atoms with E-state index in [-0.39, 0.29) is 5.02 Å². The molecule has 0 nitrogen and oxygen atoms in total. The Labute approximate surface area is 104 Å². The van der Waals surface area contributed by atoms with E-state index in [0.29, 0.717) is 5.02 Å². The Bertz CT molecular complexity index is 515. The molecule has 2 rings (SSSR count). The molecule has 0 radical (unpaired) electrons. The molecule has 3 heteroatoms. The minimum atomic E-state index is -0.432. The van der Waals surface area contributed by atoms with Crippen LogP contribution in [-0.4, -0.2) is 0 Å². The lowest BCUT2D eigenvalue weighted by atomic mass is 10.0. The first-order chi connectivity index (χ1) is 7.59. The van der Waals surface area contributed by atoms with E-state index in [1.165, 1.54) is 12.1 Å². The largest absolute Gasteiger partial charge is 0.205 e. The van der Waals surface area contributed by atoms with Crippen LogP contribution in [0.15, 0.2) is 36.4 Å². The van der Waals surface area contributed by atoms with Crippen LogP contribution >= 0.6 is 23.2 Å². The van der Waals surface area contributed by atoms with Crippen molar-refractivity contribution in [3.05, 3.63) is 57.8 Å². The van der Waals surface area contributed by atoms with Gasteiger partial charge >= 0.3 is 0 Å². The zero-order valence-electron chi connectivity index (χ0n) is 8.60. The van der Waals surface area contributed by atoms with Gasteiger partial charge in [-0.25, -0.2) is 4.39 Å². The van der Waals surface area contributed by atoms with Gasteiger partial charge < -0.3 is 0 Å². The molecule has 0 amide bonds. The minimum Gasteiger partial charge on any atom is -0.205 e. The highest BCUT2D eigenvalue weighted by Crippen LogP contribution is 2.32. The van der Waals surface area contributed by atoms with E-state index in [4.69, 9.17) is 23.2 Å². The highest BCUT2D eigenvalue weighted by Gasteiger charge is 2.08. The summed E-state index contributed by atoms with van der Waals surface area (Å²) in [5.74, 6) is -0.432. The van der Waals surface area contributed by atoms with Gasteiger partial charge in [0, 0.05) is 10.6 Å². The average Bonchev–Trinajstić information content (AvgIpc) is 2.23. The van der Waals surface area contributed by atoms with Crippen molar-refractivity contribution in [2.24, 2.45) is 0 Å². The predicted molar refractivity (Wildman–Crippen MR) is 66.6 cm³/mol. The molecule has 0 aliphatic heterocycles. The Hall–Kier alpha value is -1.05. The maximum absolute atomic E-state index is 13.4. The number of hydrogen-bond acceptors (Lipinski definition) is 0. The van der Waals surface area contributed by atoms with E-state index in [0.717, 1.165) is 16.7 Å². The highest BCUT2D eigenvalue weighted by molar-refractivity contribution is 6.33. The molecule has 0 spiro atoms. The molecule has 16 heavy (non-hydrogen) atoms. The number of benzene rings is 2. The van der Waals surface area contributed by atoms with E-state index in [1.54, 1.807) is 12.1 Å². The fourth-order valence-corrected chi connectivity index (χ4v) is 2.10. The van der Waals surface area contributed by atoms with Crippen LogP contribution in [0.4, 0.5) is 4.39 Å². The van der Waals surface area contributed by atoms with Crippen molar-refractivity contribution < 1.29 is 4.39 Å². The summed E-state index contributed by atoms with van der Waals surface area (Å²) in [5.41, 5.74) is 2.60. The fraction of sp³-hybridized carbons (Fsp3) is 0.0769. The summed E-state index contributed by atoms with van der Waals surface area (Å²) in [4.78, 5) is 0. The topological polar surface area (TPSA) is 0 Å². The standard InChI is InChI=1S/C13H9Cl2F/c1-8-3-2-4-11(15)13(8)9-5-6-10(14)12(16)7-9/h2-7H,1H3. The minimum absolute atomic E-state index is 0.119. The summed E-state index contributed by atoms with van der Waals surface area (Å²) in [7, 11) is 0. The molecular formula is C13H9Cl2F. The van der Waals surface area contributed by atoms with Gasteiger partial charge in [-0.2, -0.15) is 0 Å². The van der Waals surface area contributed by atoms with Crippen molar-refractivity contribution in [2.75, 3.05) is 0 Å². The normalized spacial score (nSPS) is 10.5. The molecule has 0 heterocycles. The summed E-state index contributed by atoms with van der Waals surface area (Å²) in [6.45, 7) is 1.94. The molecular weight excluding hydrogens is 246 g/mol. The second-order valence-corrected chi connectivity index (χ2v) is 4.38. The molecule has 0 aliphatic rings. The van der Waals surface area contributed by atoms with Crippen LogP contribution in [0.3, 0.4) is 0 Å². The maximum Gasteiger partial charge on any atom is 0.142 e. The number of aryl methyl sites for hydroxylation is 1. The maximum atomic E-state index is 13.4. The zero-order chi connectivity index (χ0) is 11.7. The van der Waals surface area contributed by atoms with Gasteiger partial charge in [0.1, 0.15) is 5.82 Å². The summed E-state index contributed by atoms with van der Waals surface area (Å²) in [5, 5.41) is 0.732. The van der Waals surface area contributed by atoms with Crippen LogP contribution in [0, 0.1) is 12.7 Å². The summed E-state index contributed by atoms with van der Waals surface area (Å²) >= 11 is 11.7. The molecule has 0 atom stereocenters. The van der Waals surface area contributed by atoms with Crippen molar-refractivity contribution in [1.29, 1.82) is 0 Å². The van der Waals surface area contributed by atoms with Crippen molar-refractivity contribution in [1.82, 2.24) is 0 Å². The number of hydrogen-bond donors (Lipinski definition) is 0. The summed E-state index contributed by atoms with van der Waals surface area (Å²) < 4.78 is 13.4. The molecule has 0 bridgehead atoms. The van der Waals surface area contributed by atoms with E-state index in [1.807, 2.05) is 19.1 Å². The van der Waals surface area contributed by atoms with Gasteiger partial charge in [-0.05, 0) is 36.2 Å². The first kappa shape index (κ1) is 11.4. The Kier molecular flexibility index (Phi) is 3.17. The molecule has 0 N–H and O–H groups in total. The first-order valence-electron chi connectivity index (χ1n) is 4.80. The van der Waals surface area contributed by atoms with Crippen molar-refractivity contribution in [3.63, 3.8) is 0 Å².